The number of benzene rings is 2. The molecule has 0 bridgehead atoms. The minimum atomic E-state index is -0.439. The van der Waals surface area contributed by atoms with Gasteiger partial charge in [0.15, 0.2) is 5.96 Å². The van der Waals surface area contributed by atoms with E-state index >= 15 is 0 Å². The van der Waals surface area contributed by atoms with E-state index in [1.165, 1.54) is 0 Å². The summed E-state index contributed by atoms with van der Waals surface area (Å²) in [5.41, 5.74) is 8.94. The molecule has 0 aliphatic heterocycles. The number of guanidine groups is 1. The number of aliphatic imine (C=N–C) groups is 1. The molecular formula is C22H31IN4O3. The fourth-order valence-electron chi connectivity index (χ4n) is 2.72. The molecule has 0 fully saturated rings. The average molecular weight is 526 g/mol. The lowest BCUT2D eigenvalue weighted by Crippen LogP contribution is -2.36. The first-order valence-corrected chi connectivity index (χ1v) is 9.66. The van der Waals surface area contributed by atoms with Crippen LogP contribution in [0.25, 0.3) is 0 Å². The third-order valence-electron chi connectivity index (χ3n) is 4.25. The lowest BCUT2D eigenvalue weighted by molar-refractivity contribution is 0.1000. The number of aryl methyl sites for hydroxylation is 1. The van der Waals surface area contributed by atoms with Gasteiger partial charge >= 0.3 is 0 Å². The predicted molar refractivity (Wildman–Crippen MR) is 131 cm³/mol. The van der Waals surface area contributed by atoms with E-state index < -0.39 is 5.91 Å². The molecule has 0 spiro atoms. The van der Waals surface area contributed by atoms with Crippen LogP contribution in [0, 0.1) is 6.92 Å². The quantitative estimate of drug-likeness (QED) is 0.192. The van der Waals surface area contributed by atoms with E-state index in [0.717, 1.165) is 22.4 Å². The van der Waals surface area contributed by atoms with Gasteiger partial charge < -0.3 is 25.8 Å². The number of ether oxygens (including phenoxy) is 2. The third kappa shape index (κ3) is 8.58. The summed E-state index contributed by atoms with van der Waals surface area (Å²) in [6.07, 6.45) is 0. The van der Waals surface area contributed by atoms with Crippen molar-refractivity contribution in [2.75, 3.05) is 26.9 Å². The van der Waals surface area contributed by atoms with Crippen LogP contribution in [-0.2, 0) is 17.8 Å². The van der Waals surface area contributed by atoms with Crippen molar-refractivity contribution >= 4 is 35.8 Å². The lowest BCUT2D eigenvalue weighted by Gasteiger charge is -2.16. The first-order valence-electron chi connectivity index (χ1n) is 9.66. The maximum absolute atomic E-state index is 11.3. The molecule has 0 saturated heterocycles. The molecule has 0 unspecified atom stereocenters. The highest BCUT2D eigenvalue weighted by Crippen LogP contribution is 2.20. The second kappa shape index (κ2) is 13.8. The van der Waals surface area contributed by atoms with Crippen LogP contribution < -0.4 is 21.1 Å². The second-order valence-electron chi connectivity index (χ2n) is 6.50. The highest BCUT2D eigenvalue weighted by Gasteiger charge is 2.07. The average Bonchev–Trinajstić information content (AvgIpc) is 2.72. The molecule has 30 heavy (non-hydrogen) atoms. The normalized spacial score (nSPS) is 10.8. The summed E-state index contributed by atoms with van der Waals surface area (Å²) >= 11 is 0. The first kappa shape index (κ1) is 25.7. The maximum atomic E-state index is 11.3. The Kier molecular flexibility index (Phi) is 11.8. The number of hydrogen-bond donors (Lipinski definition) is 3. The summed E-state index contributed by atoms with van der Waals surface area (Å²) in [5, 5.41) is 6.53. The molecule has 8 heteroatoms. The molecule has 0 heterocycles. The number of nitrogens with two attached hydrogens (primary N) is 1. The van der Waals surface area contributed by atoms with Gasteiger partial charge in [0, 0.05) is 37.9 Å². The van der Waals surface area contributed by atoms with Gasteiger partial charge in [-0.3, -0.25) is 9.79 Å². The molecule has 0 saturated carbocycles. The molecule has 164 valence electrons. The van der Waals surface area contributed by atoms with Crippen LogP contribution in [0.5, 0.6) is 5.75 Å². The zero-order valence-corrected chi connectivity index (χ0v) is 20.1. The van der Waals surface area contributed by atoms with Crippen LogP contribution in [-0.4, -0.2) is 38.7 Å². The number of amides is 1. The van der Waals surface area contributed by atoms with E-state index in [-0.39, 0.29) is 24.0 Å². The lowest BCUT2D eigenvalue weighted by atomic mass is 10.1. The molecule has 2 aromatic carbocycles. The minimum absolute atomic E-state index is 0. The molecule has 0 radical (unpaired) electrons. The maximum Gasteiger partial charge on any atom is 0.248 e. The first-order chi connectivity index (χ1) is 14.0. The number of rotatable bonds is 10. The van der Waals surface area contributed by atoms with Crippen molar-refractivity contribution in [3.63, 3.8) is 0 Å². The zero-order valence-electron chi connectivity index (χ0n) is 17.7. The Labute approximate surface area is 195 Å². The molecule has 1 amide bonds. The number of nitrogens with one attached hydrogen (secondary N) is 2. The summed E-state index contributed by atoms with van der Waals surface area (Å²) in [6, 6.07) is 13.3. The van der Waals surface area contributed by atoms with Crippen LogP contribution in [0.15, 0.2) is 47.5 Å². The highest BCUT2D eigenvalue weighted by molar-refractivity contribution is 14.0. The van der Waals surface area contributed by atoms with E-state index in [9.17, 15) is 4.79 Å². The molecule has 2 rings (SSSR count). The van der Waals surface area contributed by atoms with Gasteiger partial charge in [-0.15, -0.1) is 24.0 Å². The Balaban J connectivity index is 0.00000450. The van der Waals surface area contributed by atoms with E-state index in [1.807, 2.05) is 38.1 Å². The van der Waals surface area contributed by atoms with Crippen LogP contribution in [0.1, 0.15) is 34.0 Å². The van der Waals surface area contributed by atoms with Gasteiger partial charge in [-0.05, 0) is 43.2 Å². The summed E-state index contributed by atoms with van der Waals surface area (Å²) < 4.78 is 11.2. The van der Waals surface area contributed by atoms with Crippen molar-refractivity contribution in [2.24, 2.45) is 10.7 Å². The topological polar surface area (TPSA) is 98.0 Å². The van der Waals surface area contributed by atoms with Gasteiger partial charge in [0.05, 0.1) is 6.61 Å². The van der Waals surface area contributed by atoms with Gasteiger partial charge in [0.2, 0.25) is 5.91 Å². The number of carbonyl (C=O) groups excluding carboxylic acids is 1. The van der Waals surface area contributed by atoms with Crippen molar-refractivity contribution in [1.82, 2.24) is 10.6 Å². The van der Waals surface area contributed by atoms with Crippen LogP contribution in [0.4, 0.5) is 0 Å². The molecule has 7 nitrogen and oxygen atoms in total. The number of halogens is 1. The zero-order chi connectivity index (χ0) is 21.1. The second-order valence-corrected chi connectivity index (χ2v) is 6.50. The van der Waals surface area contributed by atoms with Gasteiger partial charge in [0.25, 0.3) is 0 Å². The van der Waals surface area contributed by atoms with Gasteiger partial charge in [0.1, 0.15) is 12.4 Å². The highest BCUT2D eigenvalue weighted by atomic mass is 127. The van der Waals surface area contributed by atoms with E-state index in [4.69, 9.17) is 15.2 Å². The Morgan fingerprint density at radius 3 is 2.57 bits per heavy atom. The SMILES string of the molecule is CCOCCOc1cc(C)ccc1CNC(=NC)NCc1cccc(C(N)=O)c1.I. The number of nitrogens with zero attached hydrogens (tertiary/aromatic N) is 1. The largest absolute Gasteiger partial charge is 0.491 e. The van der Waals surface area contributed by atoms with Crippen molar-refractivity contribution < 1.29 is 14.3 Å². The Hall–Kier alpha value is -2.33. The summed E-state index contributed by atoms with van der Waals surface area (Å²) in [5.74, 6) is 1.04. The molecule has 0 atom stereocenters. The van der Waals surface area contributed by atoms with Crippen molar-refractivity contribution in [1.29, 1.82) is 0 Å². The minimum Gasteiger partial charge on any atom is -0.491 e. The molecular weight excluding hydrogens is 495 g/mol. The monoisotopic (exact) mass is 526 g/mol. The Bertz CT molecular complexity index is 843. The molecule has 0 aromatic heterocycles. The summed E-state index contributed by atoms with van der Waals surface area (Å²) in [7, 11) is 1.71. The van der Waals surface area contributed by atoms with Gasteiger partial charge in [-0.1, -0.05) is 24.3 Å². The smallest absolute Gasteiger partial charge is 0.248 e. The third-order valence-corrected chi connectivity index (χ3v) is 4.25. The van der Waals surface area contributed by atoms with E-state index in [1.54, 1.807) is 19.2 Å². The van der Waals surface area contributed by atoms with Crippen LogP contribution in [0.3, 0.4) is 0 Å². The number of hydrogen-bond acceptors (Lipinski definition) is 4. The van der Waals surface area contributed by atoms with Crippen molar-refractivity contribution in [2.45, 2.75) is 26.9 Å². The van der Waals surface area contributed by atoms with E-state index in [2.05, 4.69) is 21.7 Å². The number of carbonyl (C=O) groups is 1. The predicted octanol–water partition coefficient (Wildman–Crippen LogP) is 2.99. The van der Waals surface area contributed by atoms with Gasteiger partial charge in [-0.2, -0.15) is 0 Å². The Morgan fingerprint density at radius 1 is 1.10 bits per heavy atom. The summed E-state index contributed by atoms with van der Waals surface area (Å²) in [4.78, 5) is 15.6. The summed E-state index contributed by atoms with van der Waals surface area (Å²) in [6.45, 7) is 6.82. The molecule has 0 aliphatic carbocycles. The van der Waals surface area contributed by atoms with Crippen molar-refractivity contribution in [3.8, 4) is 5.75 Å². The van der Waals surface area contributed by atoms with Crippen molar-refractivity contribution in [3.05, 3.63) is 64.7 Å². The fraction of sp³-hybridized carbons (Fsp3) is 0.364. The van der Waals surface area contributed by atoms with Crippen LogP contribution >= 0.6 is 24.0 Å². The van der Waals surface area contributed by atoms with Crippen LogP contribution in [0.2, 0.25) is 0 Å². The molecule has 4 N–H and O–H groups in total. The number of primary amides is 1. The molecule has 0 aliphatic rings. The van der Waals surface area contributed by atoms with E-state index in [0.29, 0.717) is 44.4 Å². The van der Waals surface area contributed by atoms with Gasteiger partial charge in [-0.25, -0.2) is 0 Å². The standard InChI is InChI=1S/C22H30N4O3.HI/c1-4-28-10-11-29-20-12-16(2)8-9-19(20)15-26-22(24-3)25-14-17-6-5-7-18(13-17)21(23)27;/h5-9,12-13H,4,10-11,14-15H2,1-3H3,(H2,23,27)(H2,24,25,26);1H. The Morgan fingerprint density at radius 2 is 1.87 bits per heavy atom. The fourth-order valence-corrected chi connectivity index (χ4v) is 2.72. The molecule has 2 aromatic rings.